The van der Waals surface area contributed by atoms with E-state index in [2.05, 4.69) is 5.32 Å². The molecule has 3 N–H and O–H groups in total. The van der Waals surface area contributed by atoms with Crippen molar-refractivity contribution in [2.45, 2.75) is 12.5 Å². The van der Waals surface area contributed by atoms with Crippen LogP contribution in [0.15, 0.2) is 18.2 Å². The minimum absolute atomic E-state index is 0.0573. The van der Waals surface area contributed by atoms with E-state index >= 15 is 0 Å². The van der Waals surface area contributed by atoms with Crippen molar-refractivity contribution in [2.75, 3.05) is 11.9 Å². The number of rotatable bonds is 0. The molecule has 0 radical (unpaired) electrons. The lowest BCUT2D eigenvalue weighted by atomic mass is 9.99. The fourth-order valence-electron chi connectivity index (χ4n) is 1.52. The van der Waals surface area contributed by atoms with Gasteiger partial charge in [0.15, 0.2) is 0 Å². The normalized spacial score (nSPS) is 21.3. The van der Waals surface area contributed by atoms with Crippen molar-refractivity contribution >= 4 is 5.69 Å². The molecule has 0 aromatic heterocycles. The van der Waals surface area contributed by atoms with E-state index < -0.39 is 0 Å². The summed E-state index contributed by atoms with van der Waals surface area (Å²) in [5, 5.41) is 3.11. The molecular weight excluding hydrogens is 155 g/mol. The smallest absolute Gasteiger partial charge is 0.125 e. The van der Waals surface area contributed by atoms with E-state index in [4.69, 9.17) is 5.73 Å². The van der Waals surface area contributed by atoms with Gasteiger partial charge in [0, 0.05) is 18.3 Å². The van der Waals surface area contributed by atoms with Gasteiger partial charge < -0.3 is 11.1 Å². The summed E-state index contributed by atoms with van der Waals surface area (Å²) in [6.07, 6.45) is 0.915. The minimum Gasteiger partial charge on any atom is -0.385 e. The topological polar surface area (TPSA) is 38.0 Å². The lowest BCUT2D eigenvalue weighted by Crippen LogP contribution is -2.22. The molecule has 0 unspecified atom stereocenters. The number of hydrogen-bond donors (Lipinski definition) is 2. The zero-order valence-corrected chi connectivity index (χ0v) is 6.68. The van der Waals surface area contributed by atoms with Crippen LogP contribution in [0.5, 0.6) is 0 Å². The van der Waals surface area contributed by atoms with E-state index in [0.29, 0.717) is 0 Å². The minimum atomic E-state index is -0.213. The second-order valence-corrected chi connectivity index (χ2v) is 3.05. The van der Waals surface area contributed by atoms with Gasteiger partial charge in [0.2, 0.25) is 0 Å². The Balaban J connectivity index is 2.46. The van der Waals surface area contributed by atoms with E-state index in [1.807, 2.05) is 0 Å². The van der Waals surface area contributed by atoms with Crippen LogP contribution in [0.4, 0.5) is 10.1 Å². The second-order valence-electron chi connectivity index (χ2n) is 3.05. The molecule has 1 atom stereocenters. The fraction of sp³-hybridized carbons (Fsp3) is 0.333. The van der Waals surface area contributed by atoms with E-state index in [1.54, 1.807) is 6.07 Å². The Kier molecular flexibility index (Phi) is 1.73. The highest BCUT2D eigenvalue weighted by Crippen LogP contribution is 2.28. The Morgan fingerprint density at radius 2 is 2.33 bits per heavy atom. The first-order valence-corrected chi connectivity index (χ1v) is 4.06. The third kappa shape index (κ3) is 1.16. The van der Waals surface area contributed by atoms with Crippen molar-refractivity contribution < 1.29 is 4.39 Å². The summed E-state index contributed by atoms with van der Waals surface area (Å²) in [7, 11) is 0. The Hall–Kier alpha value is -1.09. The SMILES string of the molecule is N[C@H]1CCNc2cc(F)ccc21. The van der Waals surface area contributed by atoms with E-state index in [1.165, 1.54) is 12.1 Å². The van der Waals surface area contributed by atoms with Crippen LogP contribution < -0.4 is 11.1 Å². The van der Waals surface area contributed by atoms with Crippen molar-refractivity contribution in [1.82, 2.24) is 0 Å². The number of nitrogens with two attached hydrogens (primary N) is 1. The summed E-state index contributed by atoms with van der Waals surface area (Å²) in [4.78, 5) is 0. The van der Waals surface area contributed by atoms with Crippen LogP contribution in [0.2, 0.25) is 0 Å². The summed E-state index contributed by atoms with van der Waals surface area (Å²) in [6, 6.07) is 4.75. The van der Waals surface area contributed by atoms with Crippen LogP contribution in [-0.4, -0.2) is 6.54 Å². The van der Waals surface area contributed by atoms with Crippen molar-refractivity contribution in [2.24, 2.45) is 5.73 Å². The van der Waals surface area contributed by atoms with Crippen LogP contribution in [-0.2, 0) is 0 Å². The van der Waals surface area contributed by atoms with Gasteiger partial charge in [-0.1, -0.05) is 6.07 Å². The average molecular weight is 166 g/mol. The molecule has 0 saturated carbocycles. The van der Waals surface area contributed by atoms with Crippen LogP contribution in [0.1, 0.15) is 18.0 Å². The fourth-order valence-corrected chi connectivity index (χ4v) is 1.52. The molecule has 12 heavy (non-hydrogen) atoms. The maximum atomic E-state index is 12.7. The highest BCUT2D eigenvalue weighted by Gasteiger charge is 2.15. The summed E-state index contributed by atoms with van der Waals surface area (Å²) < 4.78 is 12.7. The monoisotopic (exact) mass is 166 g/mol. The van der Waals surface area contributed by atoms with Gasteiger partial charge in [-0.25, -0.2) is 4.39 Å². The number of halogens is 1. The Morgan fingerprint density at radius 3 is 3.17 bits per heavy atom. The third-order valence-electron chi connectivity index (χ3n) is 2.19. The number of hydrogen-bond acceptors (Lipinski definition) is 2. The molecule has 0 aliphatic carbocycles. The highest BCUT2D eigenvalue weighted by atomic mass is 19.1. The van der Waals surface area contributed by atoms with Crippen molar-refractivity contribution in [3.05, 3.63) is 29.6 Å². The maximum absolute atomic E-state index is 12.7. The second kappa shape index (κ2) is 2.75. The molecule has 0 bridgehead atoms. The predicted molar refractivity (Wildman–Crippen MR) is 46.4 cm³/mol. The molecule has 3 heteroatoms. The molecule has 0 fully saturated rings. The largest absolute Gasteiger partial charge is 0.385 e. The van der Waals surface area contributed by atoms with Gasteiger partial charge in [0.25, 0.3) is 0 Å². The van der Waals surface area contributed by atoms with Crippen molar-refractivity contribution in [1.29, 1.82) is 0 Å². The molecular formula is C9H11FN2. The summed E-state index contributed by atoms with van der Waals surface area (Å²) in [5.41, 5.74) is 7.69. The average Bonchev–Trinajstić information content (AvgIpc) is 2.04. The van der Waals surface area contributed by atoms with Crippen molar-refractivity contribution in [3.63, 3.8) is 0 Å². The first-order chi connectivity index (χ1) is 5.77. The Morgan fingerprint density at radius 1 is 1.50 bits per heavy atom. The lowest BCUT2D eigenvalue weighted by Gasteiger charge is -2.23. The van der Waals surface area contributed by atoms with Gasteiger partial charge in [0.05, 0.1) is 0 Å². The highest BCUT2D eigenvalue weighted by molar-refractivity contribution is 5.54. The van der Waals surface area contributed by atoms with Crippen molar-refractivity contribution in [3.8, 4) is 0 Å². The van der Waals surface area contributed by atoms with E-state index in [9.17, 15) is 4.39 Å². The van der Waals surface area contributed by atoms with Crippen LogP contribution in [0.3, 0.4) is 0 Å². The third-order valence-corrected chi connectivity index (χ3v) is 2.19. The predicted octanol–water partition coefficient (Wildman–Crippen LogP) is 1.64. The number of benzene rings is 1. The quantitative estimate of drug-likeness (QED) is 0.615. The summed E-state index contributed by atoms with van der Waals surface area (Å²) in [5.74, 6) is -0.213. The number of nitrogens with one attached hydrogen (secondary N) is 1. The van der Waals surface area contributed by atoms with Gasteiger partial charge in [0.1, 0.15) is 5.82 Å². The molecule has 1 aliphatic heterocycles. The zero-order valence-electron chi connectivity index (χ0n) is 6.68. The first-order valence-electron chi connectivity index (χ1n) is 4.06. The lowest BCUT2D eigenvalue weighted by molar-refractivity contribution is 0.616. The van der Waals surface area contributed by atoms with Gasteiger partial charge in [-0.05, 0) is 24.1 Å². The molecule has 0 amide bonds. The van der Waals surface area contributed by atoms with Crippen LogP contribution in [0, 0.1) is 5.82 Å². The van der Waals surface area contributed by atoms with E-state index in [0.717, 1.165) is 24.2 Å². The Bertz CT molecular complexity index is 299. The van der Waals surface area contributed by atoms with Gasteiger partial charge in [-0.3, -0.25) is 0 Å². The van der Waals surface area contributed by atoms with Gasteiger partial charge in [-0.15, -0.1) is 0 Å². The number of fused-ring (bicyclic) bond motifs is 1. The molecule has 1 aromatic rings. The van der Waals surface area contributed by atoms with E-state index in [-0.39, 0.29) is 11.9 Å². The Labute approximate surface area is 70.6 Å². The molecule has 1 heterocycles. The summed E-state index contributed by atoms with van der Waals surface area (Å²) >= 11 is 0. The molecule has 1 aliphatic rings. The zero-order chi connectivity index (χ0) is 8.55. The molecule has 1 aromatic carbocycles. The number of anilines is 1. The molecule has 0 spiro atoms. The summed E-state index contributed by atoms with van der Waals surface area (Å²) in [6.45, 7) is 0.831. The van der Waals surface area contributed by atoms with Gasteiger partial charge in [-0.2, -0.15) is 0 Å². The molecule has 64 valence electrons. The van der Waals surface area contributed by atoms with Crippen LogP contribution in [0.25, 0.3) is 0 Å². The first kappa shape index (κ1) is 7.55. The molecule has 2 rings (SSSR count). The molecule has 2 nitrogen and oxygen atoms in total. The maximum Gasteiger partial charge on any atom is 0.125 e. The van der Waals surface area contributed by atoms with Crippen LogP contribution >= 0.6 is 0 Å². The standard InChI is InChI=1S/C9H11FN2/c10-6-1-2-7-8(11)3-4-12-9(7)5-6/h1-2,5,8,12H,3-4,11H2/t8-/m0/s1. The molecule has 0 saturated heterocycles. The van der Waals surface area contributed by atoms with Gasteiger partial charge >= 0.3 is 0 Å².